The zero-order valence-electron chi connectivity index (χ0n) is 25.5. The zero-order valence-corrected chi connectivity index (χ0v) is 27.2. The van der Waals surface area contributed by atoms with Gasteiger partial charge >= 0.3 is 0 Å². The number of nitrogens with one attached hydrogen (secondary N) is 1. The summed E-state index contributed by atoms with van der Waals surface area (Å²) in [6.07, 6.45) is 2.07. The van der Waals surface area contributed by atoms with Crippen LogP contribution >= 0.6 is 0 Å². The van der Waals surface area contributed by atoms with E-state index in [1.807, 2.05) is 53.7 Å². The van der Waals surface area contributed by atoms with E-state index in [2.05, 4.69) is 5.32 Å². The van der Waals surface area contributed by atoms with E-state index in [4.69, 9.17) is 4.74 Å². The maximum Gasteiger partial charge on any atom is 0.298 e. The van der Waals surface area contributed by atoms with Gasteiger partial charge in [0.15, 0.2) is 11.5 Å². The van der Waals surface area contributed by atoms with Crippen molar-refractivity contribution in [3.05, 3.63) is 80.2 Å². The van der Waals surface area contributed by atoms with Crippen molar-refractivity contribution in [1.82, 2.24) is 5.32 Å². The number of hydrogen-bond donors (Lipinski definition) is 2. The number of amides is 1. The van der Waals surface area contributed by atoms with Gasteiger partial charge in [0, 0.05) is 29.0 Å². The molecule has 0 spiro atoms. The number of ether oxygens (including phenoxy) is 1. The number of rotatable bonds is 4. The van der Waals surface area contributed by atoms with Gasteiger partial charge in [0.2, 0.25) is 0 Å². The fourth-order valence-electron chi connectivity index (χ4n) is 6.93. The van der Waals surface area contributed by atoms with Crippen molar-refractivity contribution in [2.24, 2.45) is 11.8 Å². The van der Waals surface area contributed by atoms with E-state index in [0.29, 0.717) is 50.6 Å². The largest absolute Gasteiger partial charge is 0.744 e. The Morgan fingerprint density at radius 3 is 2.16 bits per heavy atom. The van der Waals surface area contributed by atoms with Gasteiger partial charge < -0.3 is 14.6 Å². The van der Waals surface area contributed by atoms with Crippen LogP contribution < -0.4 is 20.5 Å². The van der Waals surface area contributed by atoms with Crippen LogP contribution in [0.3, 0.4) is 0 Å². The molecule has 3 aliphatic rings. The molecule has 0 aromatic heterocycles. The third kappa shape index (κ3) is 4.28. The number of hydrogen-bond acceptors (Lipinski definition) is 7. The van der Waals surface area contributed by atoms with Gasteiger partial charge in [0.1, 0.15) is 19.9 Å². The van der Waals surface area contributed by atoms with Crippen LogP contribution in [0.15, 0.2) is 46.2 Å². The Balaban J connectivity index is 1.86. The molecule has 1 amide bonds. The van der Waals surface area contributed by atoms with E-state index in [1.165, 1.54) is 7.05 Å². The molecule has 44 heavy (non-hydrogen) atoms. The lowest BCUT2D eigenvalue weighted by atomic mass is 9.77. The van der Waals surface area contributed by atoms with Gasteiger partial charge in [-0.1, -0.05) is 59.8 Å². The first-order valence-corrected chi connectivity index (χ1v) is 17.2. The van der Waals surface area contributed by atoms with Crippen LogP contribution in [-0.2, 0) is 37.5 Å². The summed E-state index contributed by atoms with van der Waals surface area (Å²) in [5.74, 6) is -0.936. The monoisotopic (exact) mass is 636 g/mol. The van der Waals surface area contributed by atoms with Crippen LogP contribution in [0, 0.1) is 11.8 Å². The lowest BCUT2D eigenvalue weighted by Gasteiger charge is -2.31. The zero-order chi connectivity index (χ0) is 32.3. The first kappa shape index (κ1) is 30.5. The average Bonchev–Trinajstić information content (AvgIpc) is 3.28. The summed E-state index contributed by atoms with van der Waals surface area (Å²) in [5, 5.41) is 3.18. The maximum absolute atomic E-state index is 13.1. The quantitative estimate of drug-likeness (QED) is 0.322. The number of fused-ring (bicyclic) bond motifs is 4. The van der Waals surface area contributed by atoms with E-state index in [0.717, 1.165) is 0 Å². The molecule has 2 aliphatic carbocycles. The third-order valence-corrected chi connectivity index (χ3v) is 12.1. The lowest BCUT2D eigenvalue weighted by Crippen LogP contribution is -2.32. The van der Waals surface area contributed by atoms with Crippen LogP contribution in [0.1, 0.15) is 79.7 Å². The van der Waals surface area contributed by atoms with E-state index in [9.17, 15) is 30.7 Å². The second-order valence-electron chi connectivity index (χ2n) is 13.2. The Hall–Kier alpha value is -3.51. The molecule has 9 nitrogen and oxygen atoms in total. The van der Waals surface area contributed by atoms with Crippen LogP contribution in [0.2, 0.25) is 0 Å². The van der Waals surface area contributed by atoms with Crippen LogP contribution in [0.25, 0.3) is 11.6 Å². The predicted octanol–water partition coefficient (Wildman–Crippen LogP) is 3.73. The van der Waals surface area contributed by atoms with Gasteiger partial charge in [-0.25, -0.2) is 8.42 Å². The number of benzene rings is 3. The SMILES string of the molecule is CNC(=O)c1ccc(C2=c3cc4c(c(S(=O)(=O)O)c3Oc3c2cc2c(c3S(=O)(=O)[O-])CC(C)C2(C)C)=CC(C)C4(C)C)cc1. The van der Waals surface area contributed by atoms with Gasteiger partial charge in [-0.15, -0.1) is 0 Å². The average molecular weight is 637 g/mol. The Kier molecular flexibility index (Phi) is 6.59. The van der Waals surface area contributed by atoms with Crippen molar-refractivity contribution in [1.29, 1.82) is 0 Å². The molecule has 11 heteroatoms. The Morgan fingerprint density at radius 2 is 1.59 bits per heavy atom. The predicted molar refractivity (Wildman–Crippen MR) is 164 cm³/mol. The minimum Gasteiger partial charge on any atom is -0.744 e. The van der Waals surface area contributed by atoms with Crippen molar-refractivity contribution in [3.8, 4) is 11.5 Å². The minimum absolute atomic E-state index is 0.00594. The van der Waals surface area contributed by atoms with Crippen molar-refractivity contribution in [2.75, 3.05) is 7.05 Å². The fourth-order valence-corrected chi connectivity index (χ4v) is 8.64. The van der Waals surface area contributed by atoms with Crippen LogP contribution in [0.4, 0.5) is 0 Å². The first-order chi connectivity index (χ1) is 20.3. The molecule has 0 saturated carbocycles. The summed E-state index contributed by atoms with van der Waals surface area (Å²) in [5.41, 5.74) is 2.39. The summed E-state index contributed by atoms with van der Waals surface area (Å²) < 4.78 is 82.2. The molecule has 0 saturated heterocycles. The molecule has 2 unspecified atom stereocenters. The van der Waals surface area contributed by atoms with Crippen LogP contribution in [0.5, 0.6) is 11.5 Å². The standard InChI is InChI=1S/C33H35NO8S2/c1-16-12-20-24(32(16,3)4)14-22-26(18-8-10-19(11-9-18)31(35)34-7)23-15-25-21(13-17(2)33(25,5)6)30(44(39,40)41)28(23)42-27(22)29(20)43(36,37)38/h8-12,14-17H,13H2,1-7H3,(H,34,35)(H,36,37,38)(H,39,40,41)/p-1. The Labute approximate surface area is 257 Å². The topological polar surface area (TPSA) is 150 Å². The van der Waals surface area contributed by atoms with Gasteiger partial charge in [-0.2, -0.15) is 8.42 Å². The summed E-state index contributed by atoms with van der Waals surface area (Å²) in [4.78, 5) is 11.3. The highest BCUT2D eigenvalue weighted by atomic mass is 32.2. The molecular formula is C33H34NO8S2-. The molecule has 3 aromatic carbocycles. The van der Waals surface area contributed by atoms with E-state index in [-0.39, 0.29) is 34.5 Å². The van der Waals surface area contributed by atoms with Crippen molar-refractivity contribution in [2.45, 2.75) is 68.6 Å². The Morgan fingerprint density at radius 1 is 0.955 bits per heavy atom. The fraction of sp³-hybridized carbons (Fsp3) is 0.364. The summed E-state index contributed by atoms with van der Waals surface area (Å²) in [6.45, 7) is 11.9. The minimum atomic E-state index is -5.12. The van der Waals surface area contributed by atoms with Gasteiger partial charge in [0.05, 0.1) is 0 Å². The molecule has 0 radical (unpaired) electrons. The molecule has 2 N–H and O–H groups in total. The number of carbonyl (C=O) groups excluding carboxylic acids is 1. The normalized spacial score (nSPS) is 21.0. The van der Waals surface area contributed by atoms with E-state index >= 15 is 0 Å². The molecule has 0 fully saturated rings. The first-order valence-electron chi connectivity index (χ1n) is 14.4. The molecule has 0 bridgehead atoms. The molecular weight excluding hydrogens is 602 g/mol. The highest BCUT2D eigenvalue weighted by Crippen LogP contribution is 2.52. The summed E-state index contributed by atoms with van der Waals surface area (Å²) in [7, 11) is -8.52. The smallest absolute Gasteiger partial charge is 0.298 e. The van der Waals surface area contributed by atoms with Gasteiger partial charge in [-0.3, -0.25) is 9.35 Å². The second kappa shape index (κ2) is 9.50. The van der Waals surface area contributed by atoms with E-state index in [1.54, 1.807) is 30.3 Å². The van der Waals surface area contributed by atoms with Gasteiger partial charge in [0.25, 0.3) is 16.0 Å². The second-order valence-corrected chi connectivity index (χ2v) is 15.9. The van der Waals surface area contributed by atoms with Crippen molar-refractivity contribution in [3.63, 3.8) is 0 Å². The Bertz CT molecular complexity index is 2150. The highest BCUT2D eigenvalue weighted by molar-refractivity contribution is 7.86. The molecule has 1 heterocycles. The molecule has 1 aliphatic heterocycles. The molecule has 232 valence electrons. The highest BCUT2D eigenvalue weighted by Gasteiger charge is 2.44. The summed E-state index contributed by atoms with van der Waals surface area (Å²) in [6, 6.07) is 10.3. The lowest BCUT2D eigenvalue weighted by molar-refractivity contribution is 0.0963. The summed E-state index contributed by atoms with van der Waals surface area (Å²) >= 11 is 0. The van der Waals surface area contributed by atoms with Gasteiger partial charge in [-0.05, 0) is 80.8 Å². The maximum atomic E-state index is 13.1. The van der Waals surface area contributed by atoms with Crippen LogP contribution in [-0.4, -0.2) is 38.9 Å². The molecule has 2 atom stereocenters. The van der Waals surface area contributed by atoms with Crippen molar-refractivity contribution < 1.29 is 35.5 Å². The molecule has 3 aromatic rings. The molecule has 6 rings (SSSR count). The van der Waals surface area contributed by atoms with E-state index < -0.39 is 40.9 Å². The number of carbonyl (C=O) groups is 1. The van der Waals surface area contributed by atoms with Crippen molar-refractivity contribution >= 4 is 37.8 Å². The third-order valence-electron chi connectivity index (χ3n) is 10.2.